The van der Waals surface area contributed by atoms with Gasteiger partial charge in [0.2, 0.25) is 0 Å². The van der Waals surface area contributed by atoms with Crippen LogP contribution < -0.4 is 5.32 Å². The number of aromatic nitrogens is 3. The normalized spacial score (nSPS) is 10.6. The molecule has 4 nitrogen and oxygen atoms in total. The summed E-state index contributed by atoms with van der Waals surface area (Å²) in [5.41, 5.74) is 0.553. The van der Waals surface area contributed by atoms with Crippen molar-refractivity contribution in [1.82, 2.24) is 20.5 Å². The number of H-pyrrole nitrogens is 1. The molecular formula is C10H10F2N4. The van der Waals surface area contributed by atoms with Crippen LogP contribution in [0.3, 0.4) is 0 Å². The van der Waals surface area contributed by atoms with E-state index in [4.69, 9.17) is 0 Å². The molecule has 16 heavy (non-hydrogen) atoms. The van der Waals surface area contributed by atoms with Crippen molar-refractivity contribution < 1.29 is 8.78 Å². The first-order valence-corrected chi connectivity index (χ1v) is 4.74. The maximum atomic E-state index is 12.8. The average molecular weight is 224 g/mol. The monoisotopic (exact) mass is 224 g/mol. The Balaban J connectivity index is 1.89. The second-order valence-electron chi connectivity index (χ2n) is 3.31. The summed E-state index contributed by atoms with van der Waals surface area (Å²) in [5.74, 6) is -0.468. The smallest absolute Gasteiger partial charge is 0.138 e. The summed E-state index contributed by atoms with van der Waals surface area (Å²) >= 11 is 0. The molecule has 6 heteroatoms. The van der Waals surface area contributed by atoms with Crippen LogP contribution in [0.25, 0.3) is 0 Å². The number of halogens is 2. The fourth-order valence-electron chi connectivity index (χ4n) is 1.35. The van der Waals surface area contributed by atoms with E-state index < -0.39 is 11.6 Å². The van der Waals surface area contributed by atoms with Crippen LogP contribution in [0.1, 0.15) is 11.4 Å². The lowest BCUT2D eigenvalue weighted by atomic mass is 10.2. The van der Waals surface area contributed by atoms with Crippen LogP contribution in [0.15, 0.2) is 24.5 Å². The van der Waals surface area contributed by atoms with Gasteiger partial charge in [-0.2, -0.15) is 5.10 Å². The molecule has 0 saturated carbocycles. The highest BCUT2D eigenvalue weighted by Gasteiger charge is 2.01. The lowest BCUT2D eigenvalue weighted by molar-refractivity contribution is 0.574. The van der Waals surface area contributed by atoms with Crippen LogP contribution in [0.2, 0.25) is 0 Å². The third-order valence-electron chi connectivity index (χ3n) is 2.01. The fraction of sp³-hybridized carbons (Fsp3) is 0.200. The van der Waals surface area contributed by atoms with Gasteiger partial charge in [-0.1, -0.05) is 0 Å². The third-order valence-corrected chi connectivity index (χ3v) is 2.01. The zero-order valence-corrected chi connectivity index (χ0v) is 8.37. The Morgan fingerprint density at radius 2 is 1.88 bits per heavy atom. The highest BCUT2D eigenvalue weighted by Crippen LogP contribution is 2.07. The Hall–Kier alpha value is -1.82. The predicted molar refractivity (Wildman–Crippen MR) is 53.3 cm³/mol. The van der Waals surface area contributed by atoms with E-state index in [1.807, 2.05) is 0 Å². The summed E-state index contributed by atoms with van der Waals surface area (Å²) in [4.78, 5) is 3.91. The zero-order chi connectivity index (χ0) is 11.4. The molecule has 0 aliphatic rings. The highest BCUT2D eigenvalue weighted by atomic mass is 19.1. The molecule has 0 radical (unpaired) electrons. The lowest BCUT2D eigenvalue weighted by Crippen LogP contribution is -2.14. The first-order chi connectivity index (χ1) is 7.74. The van der Waals surface area contributed by atoms with Crippen molar-refractivity contribution in [2.24, 2.45) is 0 Å². The van der Waals surface area contributed by atoms with Gasteiger partial charge in [0, 0.05) is 12.6 Å². The molecule has 1 aromatic carbocycles. The number of benzene rings is 1. The van der Waals surface area contributed by atoms with E-state index in [1.165, 1.54) is 18.5 Å². The van der Waals surface area contributed by atoms with Gasteiger partial charge in [-0.3, -0.25) is 5.10 Å². The molecule has 0 amide bonds. The van der Waals surface area contributed by atoms with Gasteiger partial charge in [-0.25, -0.2) is 13.8 Å². The number of hydrogen-bond acceptors (Lipinski definition) is 3. The second-order valence-corrected chi connectivity index (χ2v) is 3.31. The van der Waals surface area contributed by atoms with Gasteiger partial charge in [-0.05, 0) is 17.7 Å². The Morgan fingerprint density at radius 1 is 1.12 bits per heavy atom. The van der Waals surface area contributed by atoms with Crippen molar-refractivity contribution >= 4 is 0 Å². The number of nitrogens with zero attached hydrogens (tertiary/aromatic N) is 2. The van der Waals surface area contributed by atoms with Crippen molar-refractivity contribution in [2.45, 2.75) is 13.1 Å². The van der Waals surface area contributed by atoms with Gasteiger partial charge < -0.3 is 5.32 Å². The molecule has 0 fully saturated rings. The maximum Gasteiger partial charge on any atom is 0.138 e. The summed E-state index contributed by atoms with van der Waals surface area (Å²) in [5, 5.41) is 9.35. The number of aromatic amines is 1. The Morgan fingerprint density at radius 3 is 2.50 bits per heavy atom. The first-order valence-electron chi connectivity index (χ1n) is 4.74. The van der Waals surface area contributed by atoms with Gasteiger partial charge in [0.25, 0.3) is 0 Å². The van der Waals surface area contributed by atoms with Crippen LogP contribution in [-0.4, -0.2) is 15.2 Å². The summed E-state index contributed by atoms with van der Waals surface area (Å²) in [6.07, 6.45) is 1.40. The molecule has 0 aliphatic heterocycles. The molecule has 0 aliphatic carbocycles. The molecule has 0 bridgehead atoms. The summed E-state index contributed by atoms with van der Waals surface area (Å²) < 4.78 is 25.7. The van der Waals surface area contributed by atoms with Crippen molar-refractivity contribution in [3.05, 3.63) is 47.5 Å². The van der Waals surface area contributed by atoms with E-state index in [-0.39, 0.29) is 0 Å². The summed E-state index contributed by atoms with van der Waals surface area (Å²) in [6, 6.07) is 3.42. The SMILES string of the molecule is Fc1cc(F)cc(CNCc2ncn[nH]2)c1. The molecule has 84 valence electrons. The van der Waals surface area contributed by atoms with Crippen LogP contribution in [0.4, 0.5) is 8.78 Å². The number of nitrogens with one attached hydrogen (secondary N) is 2. The lowest BCUT2D eigenvalue weighted by Gasteiger charge is -2.03. The van der Waals surface area contributed by atoms with E-state index in [9.17, 15) is 8.78 Å². The quantitative estimate of drug-likeness (QED) is 0.824. The Kier molecular flexibility index (Phi) is 3.21. The van der Waals surface area contributed by atoms with E-state index in [0.717, 1.165) is 6.07 Å². The summed E-state index contributed by atoms with van der Waals surface area (Å²) in [7, 11) is 0. The van der Waals surface area contributed by atoms with Gasteiger partial charge in [-0.15, -0.1) is 0 Å². The van der Waals surface area contributed by atoms with Gasteiger partial charge in [0.1, 0.15) is 23.8 Å². The van der Waals surface area contributed by atoms with E-state index in [1.54, 1.807) is 0 Å². The maximum absolute atomic E-state index is 12.8. The number of rotatable bonds is 4. The minimum absolute atomic E-state index is 0.370. The molecule has 2 aromatic rings. The average Bonchev–Trinajstić information content (AvgIpc) is 2.69. The molecule has 0 unspecified atom stereocenters. The Bertz CT molecular complexity index is 436. The molecule has 0 spiro atoms. The Labute approximate surface area is 90.7 Å². The minimum Gasteiger partial charge on any atom is -0.306 e. The van der Waals surface area contributed by atoms with E-state index in [2.05, 4.69) is 20.5 Å². The molecule has 1 aromatic heterocycles. The molecule has 0 atom stereocenters. The van der Waals surface area contributed by atoms with Crippen molar-refractivity contribution in [3.8, 4) is 0 Å². The highest BCUT2D eigenvalue weighted by molar-refractivity contribution is 5.17. The third kappa shape index (κ3) is 2.83. The topological polar surface area (TPSA) is 53.6 Å². The zero-order valence-electron chi connectivity index (χ0n) is 8.37. The predicted octanol–water partition coefficient (Wildman–Crippen LogP) is 1.37. The first kappa shape index (κ1) is 10.7. The minimum atomic E-state index is -0.573. The summed E-state index contributed by atoms with van der Waals surface area (Å²) in [6.45, 7) is 0.841. The van der Waals surface area contributed by atoms with Crippen LogP contribution in [0, 0.1) is 11.6 Å². The largest absolute Gasteiger partial charge is 0.306 e. The molecule has 1 heterocycles. The van der Waals surface area contributed by atoms with E-state index in [0.29, 0.717) is 24.5 Å². The van der Waals surface area contributed by atoms with Gasteiger partial charge in [0.05, 0.1) is 6.54 Å². The second kappa shape index (κ2) is 4.80. The van der Waals surface area contributed by atoms with Gasteiger partial charge >= 0.3 is 0 Å². The molecule has 2 N–H and O–H groups in total. The van der Waals surface area contributed by atoms with Crippen LogP contribution >= 0.6 is 0 Å². The van der Waals surface area contributed by atoms with Crippen molar-refractivity contribution in [2.75, 3.05) is 0 Å². The van der Waals surface area contributed by atoms with Crippen LogP contribution in [0.5, 0.6) is 0 Å². The molecular weight excluding hydrogens is 214 g/mol. The van der Waals surface area contributed by atoms with Crippen molar-refractivity contribution in [3.63, 3.8) is 0 Å². The molecule has 0 saturated heterocycles. The van der Waals surface area contributed by atoms with Crippen molar-refractivity contribution in [1.29, 1.82) is 0 Å². The fourth-order valence-corrected chi connectivity index (χ4v) is 1.35. The van der Waals surface area contributed by atoms with Gasteiger partial charge in [0.15, 0.2) is 0 Å². The van der Waals surface area contributed by atoms with Crippen LogP contribution in [-0.2, 0) is 13.1 Å². The molecule has 2 rings (SSSR count). The number of hydrogen-bond donors (Lipinski definition) is 2. The van der Waals surface area contributed by atoms with E-state index >= 15 is 0 Å². The standard InChI is InChI=1S/C10H10F2N4/c11-8-1-7(2-9(12)3-8)4-13-5-10-14-6-15-16-10/h1-3,6,13H,4-5H2,(H,14,15,16).